The lowest BCUT2D eigenvalue weighted by Crippen LogP contribution is -2.15. The molecule has 0 unspecified atom stereocenters. The Morgan fingerprint density at radius 2 is 2.00 bits per heavy atom. The van der Waals surface area contributed by atoms with E-state index in [0.29, 0.717) is 19.8 Å². The Labute approximate surface area is 111 Å². The zero-order valence-electron chi connectivity index (χ0n) is 10.4. The SMILES string of the molecule is NCc1cccnc1Nc1ccc2c(c1)OCCO2. The summed E-state index contributed by atoms with van der Waals surface area (Å²) in [4.78, 5) is 4.29. The van der Waals surface area contributed by atoms with Gasteiger partial charge in [0.15, 0.2) is 11.5 Å². The monoisotopic (exact) mass is 257 g/mol. The van der Waals surface area contributed by atoms with Crippen molar-refractivity contribution in [2.75, 3.05) is 18.5 Å². The average Bonchev–Trinajstić information content (AvgIpc) is 2.48. The second kappa shape index (κ2) is 5.16. The van der Waals surface area contributed by atoms with E-state index in [2.05, 4.69) is 10.3 Å². The van der Waals surface area contributed by atoms with Gasteiger partial charge in [0.05, 0.1) is 0 Å². The van der Waals surface area contributed by atoms with Crippen molar-refractivity contribution in [1.82, 2.24) is 4.98 Å². The minimum Gasteiger partial charge on any atom is -0.486 e. The number of pyridine rings is 1. The Morgan fingerprint density at radius 1 is 1.16 bits per heavy atom. The van der Waals surface area contributed by atoms with Gasteiger partial charge in [-0.15, -0.1) is 0 Å². The van der Waals surface area contributed by atoms with E-state index in [4.69, 9.17) is 15.2 Å². The molecule has 1 aromatic heterocycles. The van der Waals surface area contributed by atoms with Crippen LogP contribution in [0, 0.1) is 0 Å². The van der Waals surface area contributed by atoms with Crippen molar-refractivity contribution in [1.29, 1.82) is 0 Å². The zero-order valence-corrected chi connectivity index (χ0v) is 10.4. The number of aromatic nitrogens is 1. The van der Waals surface area contributed by atoms with Gasteiger partial charge in [0.25, 0.3) is 0 Å². The Bertz CT molecular complexity index is 587. The molecule has 3 N–H and O–H groups in total. The van der Waals surface area contributed by atoms with Crippen LogP contribution < -0.4 is 20.5 Å². The van der Waals surface area contributed by atoms with Crippen LogP contribution in [0.2, 0.25) is 0 Å². The van der Waals surface area contributed by atoms with Crippen molar-refractivity contribution < 1.29 is 9.47 Å². The van der Waals surface area contributed by atoms with Crippen LogP contribution in [0.3, 0.4) is 0 Å². The first-order chi connectivity index (χ1) is 9.36. The minimum absolute atomic E-state index is 0.445. The zero-order chi connectivity index (χ0) is 13.1. The molecule has 0 saturated heterocycles. The second-order valence-corrected chi connectivity index (χ2v) is 4.20. The van der Waals surface area contributed by atoms with Gasteiger partial charge in [0.1, 0.15) is 19.0 Å². The molecule has 2 heterocycles. The summed E-state index contributed by atoms with van der Waals surface area (Å²) in [6, 6.07) is 9.55. The highest BCUT2D eigenvalue weighted by atomic mass is 16.6. The van der Waals surface area contributed by atoms with E-state index < -0.39 is 0 Å². The molecule has 0 spiro atoms. The van der Waals surface area contributed by atoms with Crippen LogP contribution in [0.4, 0.5) is 11.5 Å². The molecule has 2 aromatic rings. The van der Waals surface area contributed by atoms with E-state index >= 15 is 0 Å². The van der Waals surface area contributed by atoms with Crippen molar-refractivity contribution in [2.45, 2.75) is 6.54 Å². The molecule has 0 aliphatic carbocycles. The summed E-state index contributed by atoms with van der Waals surface area (Å²) in [5.74, 6) is 2.29. The number of hydrogen-bond donors (Lipinski definition) is 2. The van der Waals surface area contributed by atoms with Gasteiger partial charge in [-0.05, 0) is 18.2 Å². The normalized spacial score (nSPS) is 13.1. The van der Waals surface area contributed by atoms with Crippen LogP contribution in [-0.2, 0) is 6.54 Å². The molecule has 0 atom stereocenters. The maximum absolute atomic E-state index is 5.69. The minimum atomic E-state index is 0.445. The predicted octanol–water partition coefficient (Wildman–Crippen LogP) is 2.06. The largest absolute Gasteiger partial charge is 0.486 e. The molecule has 0 radical (unpaired) electrons. The van der Waals surface area contributed by atoms with Crippen LogP contribution in [0.5, 0.6) is 11.5 Å². The van der Waals surface area contributed by atoms with Gasteiger partial charge in [-0.25, -0.2) is 4.98 Å². The smallest absolute Gasteiger partial charge is 0.163 e. The third-order valence-electron chi connectivity index (χ3n) is 2.92. The van der Waals surface area contributed by atoms with Crippen molar-refractivity contribution in [3.63, 3.8) is 0 Å². The molecule has 98 valence electrons. The third-order valence-corrected chi connectivity index (χ3v) is 2.92. The van der Waals surface area contributed by atoms with Gasteiger partial charge in [-0.2, -0.15) is 0 Å². The van der Waals surface area contributed by atoms with Gasteiger partial charge >= 0.3 is 0 Å². The number of nitrogens with two attached hydrogens (primary N) is 1. The lowest BCUT2D eigenvalue weighted by atomic mass is 10.2. The fraction of sp³-hybridized carbons (Fsp3) is 0.214. The Morgan fingerprint density at radius 3 is 2.84 bits per heavy atom. The fourth-order valence-electron chi connectivity index (χ4n) is 1.97. The first-order valence-electron chi connectivity index (χ1n) is 6.17. The molecule has 1 aliphatic rings. The van der Waals surface area contributed by atoms with Gasteiger partial charge in [-0.3, -0.25) is 0 Å². The second-order valence-electron chi connectivity index (χ2n) is 4.20. The van der Waals surface area contributed by atoms with Crippen molar-refractivity contribution in [3.8, 4) is 11.5 Å². The Kier molecular flexibility index (Phi) is 3.20. The summed E-state index contributed by atoms with van der Waals surface area (Å²) < 4.78 is 11.0. The molecule has 1 aromatic carbocycles. The van der Waals surface area contributed by atoms with E-state index in [1.165, 1.54) is 0 Å². The van der Waals surface area contributed by atoms with Crippen LogP contribution in [0.1, 0.15) is 5.56 Å². The van der Waals surface area contributed by atoms with E-state index in [1.54, 1.807) is 6.20 Å². The average molecular weight is 257 g/mol. The molecule has 19 heavy (non-hydrogen) atoms. The fourth-order valence-corrected chi connectivity index (χ4v) is 1.97. The molecule has 5 nitrogen and oxygen atoms in total. The van der Waals surface area contributed by atoms with Crippen molar-refractivity contribution in [2.24, 2.45) is 5.73 Å². The third kappa shape index (κ3) is 2.46. The summed E-state index contributed by atoms with van der Waals surface area (Å²) >= 11 is 0. The standard InChI is InChI=1S/C14H15N3O2/c15-9-10-2-1-5-16-14(10)17-11-3-4-12-13(8-11)19-7-6-18-12/h1-5,8H,6-7,9,15H2,(H,16,17). The molecular formula is C14H15N3O2. The van der Waals surface area contributed by atoms with Gasteiger partial charge in [0, 0.05) is 30.1 Å². The molecule has 0 saturated carbocycles. The quantitative estimate of drug-likeness (QED) is 0.880. The number of nitrogens with one attached hydrogen (secondary N) is 1. The molecule has 1 aliphatic heterocycles. The number of benzene rings is 1. The summed E-state index contributed by atoms with van der Waals surface area (Å²) in [5.41, 5.74) is 7.56. The number of anilines is 2. The number of hydrogen-bond acceptors (Lipinski definition) is 5. The maximum Gasteiger partial charge on any atom is 0.163 e. The molecule has 0 fully saturated rings. The van der Waals surface area contributed by atoms with E-state index in [-0.39, 0.29) is 0 Å². The predicted molar refractivity (Wildman–Crippen MR) is 72.8 cm³/mol. The summed E-state index contributed by atoms with van der Waals surface area (Å²) in [6.07, 6.45) is 1.74. The highest BCUT2D eigenvalue weighted by Gasteiger charge is 2.12. The van der Waals surface area contributed by atoms with E-state index in [0.717, 1.165) is 28.6 Å². The van der Waals surface area contributed by atoms with Gasteiger partial charge in [0.2, 0.25) is 0 Å². The van der Waals surface area contributed by atoms with E-state index in [1.807, 2.05) is 30.3 Å². The maximum atomic E-state index is 5.69. The highest BCUT2D eigenvalue weighted by Crippen LogP contribution is 2.33. The van der Waals surface area contributed by atoms with Crippen LogP contribution >= 0.6 is 0 Å². The highest BCUT2D eigenvalue weighted by molar-refractivity contribution is 5.63. The Hall–Kier alpha value is -2.27. The van der Waals surface area contributed by atoms with E-state index in [9.17, 15) is 0 Å². The topological polar surface area (TPSA) is 69.4 Å². The van der Waals surface area contributed by atoms with Gasteiger partial charge < -0.3 is 20.5 Å². The summed E-state index contributed by atoms with van der Waals surface area (Å²) in [6.45, 7) is 1.62. The lowest BCUT2D eigenvalue weighted by Gasteiger charge is -2.19. The van der Waals surface area contributed by atoms with Crippen LogP contribution in [-0.4, -0.2) is 18.2 Å². The first-order valence-corrected chi connectivity index (χ1v) is 6.17. The summed E-state index contributed by atoms with van der Waals surface area (Å²) in [5, 5.41) is 3.25. The number of rotatable bonds is 3. The Balaban J connectivity index is 1.87. The van der Waals surface area contributed by atoms with Gasteiger partial charge in [-0.1, -0.05) is 6.07 Å². The molecule has 0 amide bonds. The number of fused-ring (bicyclic) bond motifs is 1. The summed E-state index contributed by atoms with van der Waals surface area (Å²) in [7, 11) is 0. The van der Waals surface area contributed by atoms with Crippen molar-refractivity contribution in [3.05, 3.63) is 42.1 Å². The number of ether oxygens (including phenoxy) is 2. The first kappa shape index (κ1) is 11.8. The van der Waals surface area contributed by atoms with Crippen LogP contribution in [0.15, 0.2) is 36.5 Å². The van der Waals surface area contributed by atoms with Crippen LogP contribution in [0.25, 0.3) is 0 Å². The molecular weight excluding hydrogens is 242 g/mol. The molecule has 5 heteroatoms. The number of nitrogens with zero attached hydrogens (tertiary/aromatic N) is 1. The molecule has 3 rings (SSSR count). The lowest BCUT2D eigenvalue weighted by molar-refractivity contribution is 0.171. The van der Waals surface area contributed by atoms with Crippen molar-refractivity contribution >= 4 is 11.5 Å². The molecule has 0 bridgehead atoms.